The van der Waals surface area contributed by atoms with Crippen LogP contribution in [0.4, 0.5) is 0 Å². The molecule has 3 rings (SSSR count). The highest BCUT2D eigenvalue weighted by atomic mass is 15.3. The van der Waals surface area contributed by atoms with E-state index in [0.717, 1.165) is 6.67 Å². The van der Waals surface area contributed by atoms with Crippen LogP contribution in [-0.2, 0) is 0 Å². The summed E-state index contributed by atoms with van der Waals surface area (Å²) >= 11 is 0. The predicted octanol–water partition coefficient (Wildman–Crippen LogP) is -1.39. The second-order valence-corrected chi connectivity index (χ2v) is 3.30. The molecule has 13 heavy (non-hydrogen) atoms. The van der Waals surface area contributed by atoms with Crippen molar-refractivity contribution in [3.63, 3.8) is 0 Å². The van der Waals surface area contributed by atoms with Gasteiger partial charge in [0.15, 0.2) is 0 Å². The average Bonchev–Trinajstić information content (AvgIpc) is 2.65. The van der Waals surface area contributed by atoms with Gasteiger partial charge in [-0.25, -0.2) is 0 Å². The number of rotatable bonds is 0. The maximum atomic E-state index is 3.34. The standard InChI is InChI=1S/C10H11N3/c1-2-4-8-7(3-1)5-11-10-9(8)12-6-13-10/h1-5,10-13H,6H2. The van der Waals surface area contributed by atoms with E-state index in [-0.39, 0.29) is 6.17 Å². The molecule has 1 fully saturated rings. The van der Waals surface area contributed by atoms with E-state index in [1.165, 1.54) is 16.1 Å². The summed E-state index contributed by atoms with van der Waals surface area (Å²) in [4.78, 5) is 0. The first-order valence-corrected chi connectivity index (χ1v) is 4.48. The summed E-state index contributed by atoms with van der Waals surface area (Å²) in [7, 11) is 0. The lowest BCUT2D eigenvalue weighted by atomic mass is 10.1. The zero-order chi connectivity index (χ0) is 8.67. The minimum absolute atomic E-state index is 0.273. The molecule has 3 heteroatoms. The third kappa shape index (κ3) is 0.939. The Hall–Kier alpha value is -1.48. The number of nitrogens with one attached hydrogen (secondary N) is 3. The van der Waals surface area contributed by atoms with Gasteiger partial charge >= 0.3 is 0 Å². The van der Waals surface area contributed by atoms with Crippen LogP contribution >= 0.6 is 0 Å². The molecule has 2 aliphatic rings. The first-order chi connectivity index (χ1) is 6.45. The van der Waals surface area contributed by atoms with Gasteiger partial charge in [-0.2, -0.15) is 0 Å². The van der Waals surface area contributed by atoms with Crippen molar-refractivity contribution in [2.45, 2.75) is 6.17 Å². The van der Waals surface area contributed by atoms with Gasteiger partial charge in [0.05, 0.1) is 12.4 Å². The summed E-state index contributed by atoms with van der Waals surface area (Å²) in [5, 5.41) is 12.5. The maximum absolute atomic E-state index is 3.34. The summed E-state index contributed by atoms with van der Waals surface area (Å²) in [5.74, 6) is 0. The molecule has 1 aromatic rings. The highest BCUT2D eigenvalue weighted by molar-refractivity contribution is 5.55. The largest absolute Gasteiger partial charge is 0.372 e. The molecule has 2 heterocycles. The van der Waals surface area contributed by atoms with E-state index in [2.05, 4.69) is 46.4 Å². The van der Waals surface area contributed by atoms with Crippen molar-refractivity contribution in [3.8, 4) is 0 Å². The van der Waals surface area contributed by atoms with Crippen molar-refractivity contribution < 1.29 is 0 Å². The Balaban J connectivity index is 2.38. The lowest BCUT2D eigenvalue weighted by Crippen LogP contribution is -2.45. The lowest BCUT2D eigenvalue weighted by Gasteiger charge is -2.15. The molecule has 3 nitrogen and oxygen atoms in total. The Kier molecular flexibility index (Phi) is 1.34. The Bertz CT molecular complexity index is 449. The monoisotopic (exact) mass is 173 g/mol. The van der Waals surface area contributed by atoms with Gasteiger partial charge in [-0.1, -0.05) is 24.3 Å². The first kappa shape index (κ1) is 6.97. The molecule has 2 aliphatic heterocycles. The van der Waals surface area contributed by atoms with Crippen LogP contribution in [0.15, 0.2) is 24.3 Å². The molecule has 66 valence electrons. The first-order valence-electron chi connectivity index (χ1n) is 4.48. The van der Waals surface area contributed by atoms with E-state index in [9.17, 15) is 0 Å². The average molecular weight is 173 g/mol. The second kappa shape index (κ2) is 2.50. The van der Waals surface area contributed by atoms with Crippen LogP contribution in [0.25, 0.3) is 11.9 Å². The van der Waals surface area contributed by atoms with Gasteiger partial charge in [0.2, 0.25) is 0 Å². The van der Waals surface area contributed by atoms with E-state index < -0.39 is 0 Å². The van der Waals surface area contributed by atoms with Crippen LogP contribution in [0.1, 0.15) is 0 Å². The second-order valence-electron chi connectivity index (χ2n) is 3.30. The number of benzene rings is 1. The summed E-state index contributed by atoms with van der Waals surface area (Å²) < 4.78 is 0. The molecule has 0 amide bonds. The molecule has 0 spiro atoms. The van der Waals surface area contributed by atoms with Gasteiger partial charge in [0.1, 0.15) is 6.17 Å². The third-order valence-corrected chi connectivity index (χ3v) is 2.53. The molecule has 3 N–H and O–H groups in total. The molecule has 1 saturated heterocycles. The molecule has 1 aromatic carbocycles. The zero-order valence-corrected chi connectivity index (χ0v) is 7.17. The molecule has 0 aliphatic carbocycles. The van der Waals surface area contributed by atoms with Crippen LogP contribution in [0.2, 0.25) is 0 Å². The van der Waals surface area contributed by atoms with Crippen LogP contribution < -0.4 is 26.4 Å². The minimum Gasteiger partial charge on any atom is -0.372 e. The van der Waals surface area contributed by atoms with Crippen LogP contribution in [0, 0.1) is 0 Å². The van der Waals surface area contributed by atoms with Gasteiger partial charge in [0, 0.05) is 11.4 Å². The van der Waals surface area contributed by atoms with Crippen LogP contribution in [-0.4, -0.2) is 12.8 Å². The normalized spacial score (nSPS) is 23.7. The maximum Gasteiger partial charge on any atom is 0.120 e. The van der Waals surface area contributed by atoms with E-state index in [1.807, 2.05) is 0 Å². The van der Waals surface area contributed by atoms with Gasteiger partial charge in [-0.15, -0.1) is 0 Å². The van der Waals surface area contributed by atoms with Gasteiger partial charge < -0.3 is 10.6 Å². The highest BCUT2D eigenvalue weighted by Gasteiger charge is 2.20. The molecule has 0 radical (unpaired) electrons. The number of hydrogen-bond acceptors (Lipinski definition) is 3. The van der Waals surface area contributed by atoms with Crippen molar-refractivity contribution in [2.75, 3.05) is 6.67 Å². The van der Waals surface area contributed by atoms with Crippen LogP contribution in [0.3, 0.4) is 0 Å². The number of hydrogen-bond donors (Lipinski definition) is 3. The summed E-state index contributed by atoms with van der Waals surface area (Å²) in [5.41, 5.74) is 1.26. The summed E-state index contributed by atoms with van der Waals surface area (Å²) in [6.07, 6.45) is 2.33. The fourth-order valence-corrected chi connectivity index (χ4v) is 1.89. The fourth-order valence-electron chi connectivity index (χ4n) is 1.89. The van der Waals surface area contributed by atoms with Gasteiger partial charge in [0.25, 0.3) is 0 Å². The Morgan fingerprint density at radius 2 is 2.15 bits per heavy atom. The van der Waals surface area contributed by atoms with E-state index in [1.54, 1.807) is 0 Å². The Labute approximate surface area is 76.1 Å². The molecule has 1 atom stereocenters. The van der Waals surface area contributed by atoms with Crippen LogP contribution in [0.5, 0.6) is 0 Å². The predicted molar refractivity (Wildman–Crippen MR) is 51.6 cm³/mol. The molecular formula is C10H11N3. The highest BCUT2D eigenvalue weighted by Crippen LogP contribution is 2.01. The van der Waals surface area contributed by atoms with Crippen molar-refractivity contribution in [1.29, 1.82) is 0 Å². The van der Waals surface area contributed by atoms with E-state index >= 15 is 0 Å². The van der Waals surface area contributed by atoms with Crippen molar-refractivity contribution in [3.05, 3.63) is 34.7 Å². The minimum atomic E-state index is 0.273. The van der Waals surface area contributed by atoms with E-state index in [0.29, 0.717) is 0 Å². The van der Waals surface area contributed by atoms with Gasteiger partial charge in [-0.05, 0) is 5.22 Å². The molecule has 1 unspecified atom stereocenters. The summed E-state index contributed by atoms with van der Waals surface area (Å²) in [6.45, 7) is 0.842. The molecule has 0 aromatic heterocycles. The zero-order valence-electron chi connectivity index (χ0n) is 7.17. The van der Waals surface area contributed by atoms with Crippen molar-refractivity contribution in [2.24, 2.45) is 0 Å². The summed E-state index contributed by atoms with van der Waals surface area (Å²) in [6, 6.07) is 8.39. The third-order valence-electron chi connectivity index (χ3n) is 2.53. The SMILES string of the molecule is C1=c2ccccc2=C2NCNC2N1. The van der Waals surface area contributed by atoms with Gasteiger partial charge in [-0.3, -0.25) is 5.32 Å². The Morgan fingerprint density at radius 1 is 1.23 bits per heavy atom. The Morgan fingerprint density at radius 3 is 3.15 bits per heavy atom. The smallest absolute Gasteiger partial charge is 0.120 e. The molecular weight excluding hydrogens is 162 g/mol. The molecule has 0 bridgehead atoms. The number of fused-ring (bicyclic) bond motifs is 2. The quantitative estimate of drug-likeness (QED) is 0.452. The van der Waals surface area contributed by atoms with E-state index in [4.69, 9.17) is 0 Å². The van der Waals surface area contributed by atoms with Crippen molar-refractivity contribution >= 4 is 11.9 Å². The fraction of sp³-hybridized carbons (Fsp3) is 0.200. The van der Waals surface area contributed by atoms with Crippen molar-refractivity contribution in [1.82, 2.24) is 16.0 Å². The lowest BCUT2D eigenvalue weighted by molar-refractivity contribution is 0.639. The molecule has 0 saturated carbocycles. The topological polar surface area (TPSA) is 36.1 Å².